The van der Waals surface area contributed by atoms with Gasteiger partial charge >= 0.3 is 0 Å². The van der Waals surface area contributed by atoms with Crippen LogP contribution in [0.25, 0.3) is 32.7 Å². The van der Waals surface area contributed by atoms with E-state index in [1.165, 1.54) is 0 Å². The summed E-state index contributed by atoms with van der Waals surface area (Å²) in [5.41, 5.74) is 4.60. The molecular weight excluding hydrogens is 362 g/mol. The zero-order valence-corrected chi connectivity index (χ0v) is 16.2. The molecule has 5 rings (SSSR count). The Morgan fingerprint density at radius 2 is 1.24 bits per heavy atom. The van der Waals surface area contributed by atoms with Gasteiger partial charge in [0.25, 0.3) is 0 Å². The minimum atomic E-state index is 0.217. The number of rotatable bonds is 2. The van der Waals surface area contributed by atoms with Crippen molar-refractivity contribution in [3.8, 4) is 5.75 Å². The summed E-state index contributed by atoms with van der Waals surface area (Å²) in [7, 11) is 3.77. The first kappa shape index (κ1) is 18.4. The molecule has 0 aliphatic rings. The molecule has 0 unspecified atom stereocenters. The summed E-state index contributed by atoms with van der Waals surface area (Å²) in [5.74, 6) is 0.217. The van der Waals surface area contributed by atoms with Crippen LogP contribution in [0.4, 0.5) is 11.4 Å². The average Bonchev–Trinajstić information content (AvgIpc) is 2.79. The summed E-state index contributed by atoms with van der Waals surface area (Å²) in [5, 5.41) is 18.9. The van der Waals surface area contributed by atoms with Crippen molar-refractivity contribution in [2.24, 2.45) is 0 Å². The van der Waals surface area contributed by atoms with Crippen LogP contribution in [0.2, 0.25) is 0 Å². The van der Waals surface area contributed by atoms with Gasteiger partial charge in [-0.3, -0.25) is 15.0 Å². The lowest BCUT2D eigenvalue weighted by molar-refractivity contribution is 0.480. The second-order valence-corrected chi connectivity index (χ2v) is 6.43. The van der Waals surface area contributed by atoms with Crippen molar-refractivity contribution in [2.75, 3.05) is 24.7 Å². The third-order valence-electron chi connectivity index (χ3n) is 4.75. The minimum absolute atomic E-state index is 0.217. The van der Waals surface area contributed by atoms with Gasteiger partial charge in [0.05, 0.1) is 11.0 Å². The Bertz CT molecular complexity index is 1300. The lowest BCUT2D eigenvalue weighted by Crippen LogP contribution is -1.92. The molecule has 0 spiro atoms. The number of hydrogen-bond donors (Lipinski definition) is 3. The van der Waals surface area contributed by atoms with E-state index in [0.717, 1.165) is 38.6 Å². The molecular formula is C23H21N5O. The van der Waals surface area contributed by atoms with Gasteiger partial charge in [-0.1, -0.05) is 6.07 Å². The summed E-state index contributed by atoms with van der Waals surface area (Å²) in [6, 6.07) is 17.3. The van der Waals surface area contributed by atoms with Crippen LogP contribution in [-0.2, 0) is 0 Å². The molecule has 5 aromatic rings. The van der Waals surface area contributed by atoms with E-state index in [1.54, 1.807) is 24.7 Å². The van der Waals surface area contributed by atoms with E-state index in [9.17, 15) is 5.11 Å². The second kappa shape index (κ2) is 7.98. The van der Waals surface area contributed by atoms with E-state index in [4.69, 9.17) is 0 Å². The maximum absolute atomic E-state index is 9.50. The monoisotopic (exact) mass is 383 g/mol. The van der Waals surface area contributed by atoms with E-state index < -0.39 is 0 Å². The fourth-order valence-corrected chi connectivity index (χ4v) is 3.36. The molecule has 0 saturated carbocycles. The molecule has 3 heterocycles. The summed E-state index contributed by atoms with van der Waals surface area (Å²) in [6.07, 6.45) is 5.27. The molecule has 0 saturated heterocycles. The van der Waals surface area contributed by atoms with Crippen molar-refractivity contribution in [2.45, 2.75) is 0 Å². The van der Waals surface area contributed by atoms with Gasteiger partial charge < -0.3 is 15.7 Å². The maximum atomic E-state index is 9.50. The number of benzene rings is 2. The molecule has 0 atom stereocenters. The number of hydrogen-bond acceptors (Lipinski definition) is 6. The highest BCUT2D eigenvalue weighted by molar-refractivity contribution is 6.08. The number of aromatic hydroxyl groups is 1. The molecule has 0 bridgehead atoms. The molecule has 6 nitrogen and oxygen atoms in total. The number of pyridine rings is 3. The Labute approximate surface area is 168 Å². The van der Waals surface area contributed by atoms with E-state index in [2.05, 4.69) is 43.8 Å². The SMILES string of the molecule is CNc1cc2cccnc2c2ncccc12.CNc1ccc(O)c2ncccc12. The van der Waals surface area contributed by atoms with Gasteiger partial charge in [-0.15, -0.1) is 0 Å². The van der Waals surface area contributed by atoms with Crippen LogP contribution in [-0.4, -0.2) is 34.2 Å². The smallest absolute Gasteiger partial charge is 0.141 e. The van der Waals surface area contributed by atoms with Crippen LogP contribution in [0.3, 0.4) is 0 Å². The molecule has 6 heteroatoms. The minimum Gasteiger partial charge on any atom is -0.506 e. The topological polar surface area (TPSA) is 83.0 Å². The molecule has 0 aliphatic heterocycles. The summed E-state index contributed by atoms with van der Waals surface area (Å²) in [4.78, 5) is 12.9. The molecule has 0 radical (unpaired) electrons. The van der Waals surface area contributed by atoms with Gasteiger partial charge in [0.2, 0.25) is 0 Å². The van der Waals surface area contributed by atoms with Gasteiger partial charge in [-0.25, -0.2) is 0 Å². The summed E-state index contributed by atoms with van der Waals surface area (Å²) in [6.45, 7) is 0. The van der Waals surface area contributed by atoms with Crippen LogP contribution >= 0.6 is 0 Å². The molecule has 0 amide bonds. The Kier molecular flexibility index (Phi) is 5.07. The fraction of sp³-hybridized carbons (Fsp3) is 0.0870. The van der Waals surface area contributed by atoms with Gasteiger partial charge in [-0.2, -0.15) is 0 Å². The molecule has 3 N–H and O–H groups in total. The molecule has 3 aromatic heterocycles. The molecule has 0 fully saturated rings. The van der Waals surface area contributed by atoms with Gasteiger partial charge in [0, 0.05) is 60.2 Å². The zero-order valence-electron chi connectivity index (χ0n) is 16.2. The first-order chi connectivity index (χ1) is 14.2. The number of fused-ring (bicyclic) bond motifs is 4. The lowest BCUT2D eigenvalue weighted by atomic mass is 10.1. The van der Waals surface area contributed by atoms with Gasteiger partial charge in [0.15, 0.2) is 0 Å². The number of phenolic OH excluding ortho intramolecular Hbond substituents is 1. The molecule has 2 aromatic carbocycles. The maximum Gasteiger partial charge on any atom is 0.141 e. The van der Waals surface area contributed by atoms with Gasteiger partial charge in [0.1, 0.15) is 11.3 Å². The predicted octanol–water partition coefficient (Wildman–Crippen LogP) is 4.81. The van der Waals surface area contributed by atoms with Crippen LogP contribution < -0.4 is 10.6 Å². The Hall–Kier alpha value is -3.93. The fourth-order valence-electron chi connectivity index (χ4n) is 3.36. The van der Waals surface area contributed by atoms with E-state index in [1.807, 2.05) is 44.4 Å². The summed E-state index contributed by atoms with van der Waals surface area (Å²) >= 11 is 0. The third kappa shape index (κ3) is 3.48. The molecule has 0 aliphatic carbocycles. The highest BCUT2D eigenvalue weighted by atomic mass is 16.3. The Morgan fingerprint density at radius 1 is 0.655 bits per heavy atom. The number of aromatic nitrogens is 3. The van der Waals surface area contributed by atoms with E-state index >= 15 is 0 Å². The van der Waals surface area contributed by atoms with Crippen LogP contribution in [0.5, 0.6) is 5.75 Å². The zero-order chi connectivity index (χ0) is 20.2. The standard InChI is InChI=1S/C13H11N3.C10H10N2O/c1-14-11-8-9-4-2-6-15-12(9)13-10(11)5-3-7-16-13;1-11-8-4-5-9(13)10-7(8)3-2-6-12-10/h2-8,14H,1H3;2-6,11,13H,1H3. The van der Waals surface area contributed by atoms with Crippen LogP contribution in [0.1, 0.15) is 0 Å². The first-order valence-electron chi connectivity index (χ1n) is 9.27. The number of nitrogens with one attached hydrogen (secondary N) is 2. The van der Waals surface area contributed by atoms with Gasteiger partial charge in [-0.05, 0) is 48.5 Å². The number of nitrogens with zero attached hydrogens (tertiary/aromatic N) is 3. The lowest BCUT2D eigenvalue weighted by Gasteiger charge is -2.07. The van der Waals surface area contributed by atoms with Crippen molar-refractivity contribution in [3.05, 3.63) is 73.2 Å². The molecule has 144 valence electrons. The third-order valence-corrected chi connectivity index (χ3v) is 4.75. The van der Waals surface area contributed by atoms with Crippen molar-refractivity contribution in [3.63, 3.8) is 0 Å². The highest BCUT2D eigenvalue weighted by Gasteiger charge is 2.06. The average molecular weight is 383 g/mol. The predicted molar refractivity (Wildman–Crippen MR) is 120 cm³/mol. The second-order valence-electron chi connectivity index (χ2n) is 6.43. The van der Waals surface area contributed by atoms with E-state index in [0.29, 0.717) is 5.52 Å². The van der Waals surface area contributed by atoms with Crippen molar-refractivity contribution >= 4 is 44.1 Å². The highest BCUT2D eigenvalue weighted by Crippen LogP contribution is 2.29. The summed E-state index contributed by atoms with van der Waals surface area (Å²) < 4.78 is 0. The van der Waals surface area contributed by atoms with Crippen molar-refractivity contribution in [1.29, 1.82) is 0 Å². The van der Waals surface area contributed by atoms with Crippen LogP contribution in [0, 0.1) is 0 Å². The van der Waals surface area contributed by atoms with Crippen molar-refractivity contribution in [1.82, 2.24) is 15.0 Å². The van der Waals surface area contributed by atoms with Crippen molar-refractivity contribution < 1.29 is 5.11 Å². The quantitative estimate of drug-likeness (QED) is 0.300. The Balaban J connectivity index is 0.000000145. The number of phenols is 1. The van der Waals surface area contributed by atoms with E-state index in [-0.39, 0.29) is 5.75 Å². The van der Waals surface area contributed by atoms with Crippen LogP contribution in [0.15, 0.2) is 73.2 Å². The Morgan fingerprint density at radius 3 is 1.93 bits per heavy atom. The molecule has 29 heavy (non-hydrogen) atoms. The number of anilines is 2. The normalized spacial score (nSPS) is 10.6. The first-order valence-corrected chi connectivity index (χ1v) is 9.27. The largest absolute Gasteiger partial charge is 0.506 e.